The molecule has 0 aliphatic heterocycles. The molecule has 0 saturated heterocycles. The maximum atomic E-state index is 14.3. The number of fused-ring (bicyclic) bond motifs is 8. The van der Waals surface area contributed by atoms with Crippen LogP contribution in [0.1, 0.15) is 101 Å². The fourth-order valence-electron chi connectivity index (χ4n) is 8.34. The van der Waals surface area contributed by atoms with Gasteiger partial charge in [0.05, 0.1) is 20.4 Å². The molecule has 55 heavy (non-hydrogen) atoms. The largest absolute Gasteiger partial charge is 0.268 e. The van der Waals surface area contributed by atoms with Crippen molar-refractivity contribution in [3.8, 4) is 19.5 Å². The number of benzene rings is 1. The van der Waals surface area contributed by atoms with Gasteiger partial charge >= 0.3 is 0 Å². The third kappa shape index (κ3) is 6.04. The summed E-state index contributed by atoms with van der Waals surface area (Å²) in [6.45, 7) is 4.53. The molecular weight excluding hydrogens is 777 g/mol. The van der Waals surface area contributed by atoms with E-state index in [1.54, 1.807) is 42.8 Å². The Bertz CT molecular complexity index is 2890. The molecule has 0 spiro atoms. The van der Waals surface area contributed by atoms with E-state index in [4.69, 9.17) is 9.97 Å². The zero-order valence-corrected chi connectivity index (χ0v) is 35.2. The van der Waals surface area contributed by atoms with E-state index in [1.165, 1.54) is 96.6 Å². The summed E-state index contributed by atoms with van der Waals surface area (Å²) in [5.74, 6) is 0. The number of hydrogen-bond donors (Lipinski definition) is 0. The van der Waals surface area contributed by atoms with E-state index in [2.05, 4.69) is 50.2 Å². The van der Waals surface area contributed by atoms with Gasteiger partial charge in [-0.3, -0.25) is 18.4 Å². The lowest BCUT2D eigenvalue weighted by Gasteiger charge is -2.04. The second-order valence-corrected chi connectivity index (χ2v) is 20.4. The van der Waals surface area contributed by atoms with E-state index in [1.807, 2.05) is 34.8 Å². The minimum absolute atomic E-state index is 0.0843. The van der Waals surface area contributed by atoms with E-state index in [0.29, 0.717) is 22.1 Å². The highest BCUT2D eigenvalue weighted by atomic mass is 32.1. The van der Waals surface area contributed by atoms with E-state index >= 15 is 0 Å². The molecule has 6 nitrogen and oxygen atoms in total. The van der Waals surface area contributed by atoms with Crippen LogP contribution >= 0.6 is 56.7 Å². The quantitative estimate of drug-likeness (QED) is 0.0719. The van der Waals surface area contributed by atoms with Crippen molar-refractivity contribution >= 4 is 120 Å². The number of rotatable bonds is 16. The van der Waals surface area contributed by atoms with Gasteiger partial charge in [-0.25, -0.2) is 9.97 Å². The third-order valence-corrected chi connectivity index (χ3v) is 17.1. The molecule has 0 fully saturated rings. The SMILES string of the molecule is CCCCCCCCc1ccc(-c2cc3c(nc4c5sc6c7c(ccc(c(=O)n34)c57)c(=O)n3c4cc(-c5ccc(CCCCCCCC)s5)sc4nc63)s2)s1. The summed E-state index contributed by atoms with van der Waals surface area (Å²) >= 11 is 8.65. The van der Waals surface area contributed by atoms with Crippen LogP contribution in [0.4, 0.5) is 0 Å². The van der Waals surface area contributed by atoms with E-state index < -0.39 is 0 Å². The van der Waals surface area contributed by atoms with Gasteiger partial charge in [0.2, 0.25) is 0 Å². The van der Waals surface area contributed by atoms with Crippen LogP contribution in [-0.4, -0.2) is 18.8 Å². The predicted molar refractivity (Wildman–Crippen MR) is 241 cm³/mol. The molecule has 0 amide bonds. The number of imidazole rings is 2. The van der Waals surface area contributed by atoms with Gasteiger partial charge in [-0.15, -0.1) is 56.7 Å². The summed E-state index contributed by atoms with van der Waals surface area (Å²) < 4.78 is 5.48. The lowest BCUT2D eigenvalue weighted by atomic mass is 10.0. The van der Waals surface area contributed by atoms with E-state index in [-0.39, 0.29) is 11.1 Å². The minimum Gasteiger partial charge on any atom is -0.268 e. The standard InChI is InChI=1S/C44H42N4O2S5/c1-3-5-7-9-11-13-15-25-17-21-31(51-25)33-23-29-41(53-33)45-39-37-35-27(43(49)47(29)39)19-20-28-36(35)38(55-37)40-46-42-30(48(40)44(28)50)24-34(54-42)32-22-18-26(52-32)16-14-12-10-8-6-4-2/h17-24H,3-16H2,1-2H3. The summed E-state index contributed by atoms with van der Waals surface area (Å²) in [4.78, 5) is 48.2. The zero-order chi connectivity index (χ0) is 37.2. The van der Waals surface area contributed by atoms with Gasteiger partial charge in [0, 0.05) is 50.8 Å². The fraction of sp³-hybridized carbons (Fsp3) is 0.364. The summed E-state index contributed by atoms with van der Waals surface area (Å²) in [7, 11) is 0. The molecule has 0 atom stereocenters. The third-order valence-electron chi connectivity index (χ3n) is 11.2. The first-order valence-electron chi connectivity index (χ1n) is 19.9. The number of pyridine rings is 2. The van der Waals surface area contributed by atoms with Crippen molar-refractivity contribution in [1.82, 2.24) is 18.8 Å². The van der Waals surface area contributed by atoms with E-state index in [9.17, 15) is 9.59 Å². The Hall–Kier alpha value is -3.74. The molecule has 10 aromatic rings. The van der Waals surface area contributed by atoms with Crippen molar-refractivity contribution in [2.24, 2.45) is 0 Å². The number of aromatic nitrogens is 4. The number of thiophene rings is 5. The first-order valence-corrected chi connectivity index (χ1v) is 24.0. The molecular formula is C44H42N4O2S5. The maximum Gasteiger partial charge on any atom is 0.264 e. The smallest absolute Gasteiger partial charge is 0.264 e. The Labute approximate surface area is 338 Å². The zero-order valence-electron chi connectivity index (χ0n) is 31.2. The highest BCUT2D eigenvalue weighted by Gasteiger charge is 2.26. The molecule has 0 aliphatic carbocycles. The minimum atomic E-state index is -0.0843. The fourth-order valence-corrected chi connectivity index (χ4v) is 13.9. The average Bonchev–Trinajstić information content (AvgIpc) is 4.03. The predicted octanol–water partition coefficient (Wildman–Crippen LogP) is 13.8. The average molecular weight is 819 g/mol. The van der Waals surface area contributed by atoms with Gasteiger partial charge in [-0.2, -0.15) is 0 Å². The van der Waals surface area contributed by atoms with Crippen LogP contribution in [0.5, 0.6) is 0 Å². The molecule has 9 heterocycles. The van der Waals surface area contributed by atoms with Crippen molar-refractivity contribution < 1.29 is 0 Å². The van der Waals surface area contributed by atoms with Crippen LogP contribution in [0.3, 0.4) is 0 Å². The number of aryl methyl sites for hydroxylation is 2. The Balaban J connectivity index is 0.996. The van der Waals surface area contributed by atoms with Gasteiger partial charge in [0.1, 0.15) is 9.66 Å². The van der Waals surface area contributed by atoms with Gasteiger partial charge in [-0.1, -0.05) is 78.1 Å². The van der Waals surface area contributed by atoms with Crippen molar-refractivity contribution in [3.63, 3.8) is 0 Å². The Morgan fingerprint density at radius 3 is 1.38 bits per heavy atom. The van der Waals surface area contributed by atoms with Crippen molar-refractivity contribution in [2.45, 2.75) is 104 Å². The molecule has 11 heteroatoms. The lowest BCUT2D eigenvalue weighted by molar-refractivity contribution is 0.609. The molecule has 0 N–H and O–H groups in total. The van der Waals surface area contributed by atoms with Crippen LogP contribution in [0.25, 0.3) is 82.4 Å². The molecule has 0 aliphatic rings. The van der Waals surface area contributed by atoms with Gasteiger partial charge in [0.25, 0.3) is 11.1 Å². The van der Waals surface area contributed by atoms with Crippen LogP contribution in [0, 0.1) is 0 Å². The summed E-state index contributed by atoms with van der Waals surface area (Å²) in [5.41, 5.74) is 2.88. The molecule has 9 aromatic heterocycles. The molecule has 10 rings (SSSR count). The monoisotopic (exact) mass is 818 g/mol. The number of hydrogen-bond acceptors (Lipinski definition) is 9. The summed E-state index contributed by atoms with van der Waals surface area (Å²) in [5, 5.41) is 2.93. The molecule has 280 valence electrons. The number of nitrogens with zero attached hydrogens (tertiary/aromatic N) is 4. The Morgan fingerprint density at radius 1 is 0.491 bits per heavy atom. The summed E-state index contributed by atoms with van der Waals surface area (Å²) in [6, 6.07) is 17.0. The highest BCUT2D eigenvalue weighted by Crippen LogP contribution is 2.46. The van der Waals surface area contributed by atoms with Crippen molar-refractivity contribution in [1.29, 1.82) is 0 Å². The van der Waals surface area contributed by atoms with Crippen LogP contribution < -0.4 is 11.1 Å². The second kappa shape index (κ2) is 14.6. The molecule has 0 radical (unpaired) electrons. The molecule has 1 aromatic carbocycles. The van der Waals surface area contributed by atoms with Crippen LogP contribution in [0.2, 0.25) is 0 Å². The molecule has 0 bridgehead atoms. The van der Waals surface area contributed by atoms with Crippen molar-refractivity contribution in [3.05, 3.63) is 79.0 Å². The van der Waals surface area contributed by atoms with Crippen LogP contribution in [0.15, 0.2) is 58.1 Å². The van der Waals surface area contributed by atoms with Gasteiger partial charge < -0.3 is 0 Å². The molecule has 0 saturated carbocycles. The van der Waals surface area contributed by atoms with Crippen LogP contribution in [-0.2, 0) is 12.8 Å². The first kappa shape index (κ1) is 35.7. The topological polar surface area (TPSA) is 68.7 Å². The normalized spacial score (nSPS) is 12.6. The van der Waals surface area contributed by atoms with E-state index in [0.717, 1.165) is 63.5 Å². The maximum absolute atomic E-state index is 14.3. The second-order valence-electron chi connectivity index (χ2n) is 15.0. The highest BCUT2D eigenvalue weighted by molar-refractivity contribution is 7.28. The van der Waals surface area contributed by atoms with Crippen molar-refractivity contribution in [2.75, 3.05) is 0 Å². The lowest BCUT2D eigenvalue weighted by Crippen LogP contribution is -2.15. The Morgan fingerprint density at radius 2 is 0.927 bits per heavy atom. The summed E-state index contributed by atoms with van der Waals surface area (Å²) in [6.07, 6.45) is 17.9. The molecule has 0 unspecified atom stereocenters. The van der Waals surface area contributed by atoms with Gasteiger partial charge in [0.15, 0.2) is 11.3 Å². The first-order chi connectivity index (χ1) is 27.0. The number of unbranched alkanes of at least 4 members (excludes halogenated alkanes) is 10. The Kier molecular flexibility index (Phi) is 9.49. The van der Waals surface area contributed by atoms with Gasteiger partial charge in [-0.05, 0) is 74.2 Å².